The number of nitrogens with one attached hydrogen (secondary N) is 1. The fourth-order valence-electron chi connectivity index (χ4n) is 5.56. The van der Waals surface area contributed by atoms with Crippen molar-refractivity contribution in [2.75, 3.05) is 31.5 Å². The molecule has 2 aromatic heterocycles. The third kappa shape index (κ3) is 8.16. The fourth-order valence-corrected chi connectivity index (χ4v) is 5.73. The molecule has 10 heteroatoms. The van der Waals surface area contributed by atoms with E-state index in [0.717, 1.165) is 46.6 Å². The molecule has 0 unspecified atom stereocenters. The maximum absolute atomic E-state index is 14.1. The molecule has 0 aliphatic heterocycles. The highest BCUT2D eigenvalue weighted by atomic mass is 35.5. The quantitative estimate of drug-likeness (QED) is 0.117. The van der Waals surface area contributed by atoms with Crippen LogP contribution in [0.1, 0.15) is 48.9 Å². The number of pyridine rings is 1. The molecule has 5 aromatic rings. The molecule has 0 fully saturated rings. The zero-order valence-electron chi connectivity index (χ0n) is 27.6. The van der Waals surface area contributed by atoms with Gasteiger partial charge < -0.3 is 29.0 Å². The van der Waals surface area contributed by atoms with Crippen LogP contribution in [0.25, 0.3) is 10.9 Å². The third-order valence-electron chi connectivity index (χ3n) is 8.11. The van der Waals surface area contributed by atoms with E-state index in [1.165, 1.54) is 0 Å². The largest absolute Gasteiger partial charge is 0.497 e. The van der Waals surface area contributed by atoms with Crippen LogP contribution in [0.4, 0.5) is 11.8 Å². The summed E-state index contributed by atoms with van der Waals surface area (Å²) in [4.78, 5) is 26.3. The predicted octanol–water partition coefficient (Wildman–Crippen LogP) is 7.41. The summed E-state index contributed by atoms with van der Waals surface area (Å²) in [7, 11) is 4.93. The lowest BCUT2D eigenvalue weighted by molar-refractivity contribution is 0.408. The molecule has 246 valence electrons. The molecule has 0 aliphatic carbocycles. The van der Waals surface area contributed by atoms with Crippen molar-refractivity contribution in [2.45, 2.75) is 58.2 Å². The van der Waals surface area contributed by atoms with E-state index in [9.17, 15) is 4.79 Å². The first-order chi connectivity index (χ1) is 22.8. The number of methoxy groups -OCH3 is 3. The molecular formula is C37H42ClN5O4. The summed E-state index contributed by atoms with van der Waals surface area (Å²) in [5, 5.41) is 3.99. The van der Waals surface area contributed by atoms with Crippen LogP contribution >= 0.6 is 11.6 Å². The number of rotatable bonds is 15. The van der Waals surface area contributed by atoms with Gasteiger partial charge in [-0.3, -0.25) is 4.79 Å². The van der Waals surface area contributed by atoms with Crippen molar-refractivity contribution in [2.24, 2.45) is 0 Å². The Morgan fingerprint density at radius 3 is 2.02 bits per heavy atom. The van der Waals surface area contributed by atoms with Crippen molar-refractivity contribution in [1.82, 2.24) is 14.5 Å². The number of hydrogen-bond acceptors (Lipinski definition) is 8. The number of halogens is 1. The molecule has 1 atom stereocenters. The SMILES string of the molecule is CCC[C@@H](C)Nc1nc(N(Cc2ccc(OC)cc2)Cc2ccc(OC)cc2)nc2ccn(Cc3ccc(CCl)cc3OC)c(=O)c12. The van der Waals surface area contributed by atoms with Crippen LogP contribution in [0.2, 0.25) is 0 Å². The summed E-state index contributed by atoms with van der Waals surface area (Å²) in [6.07, 6.45) is 3.70. The summed E-state index contributed by atoms with van der Waals surface area (Å²) in [5.41, 5.74) is 4.36. The highest BCUT2D eigenvalue weighted by Crippen LogP contribution is 2.27. The molecule has 9 nitrogen and oxygen atoms in total. The van der Waals surface area contributed by atoms with E-state index in [-0.39, 0.29) is 11.6 Å². The Labute approximate surface area is 281 Å². The third-order valence-corrected chi connectivity index (χ3v) is 8.42. The van der Waals surface area contributed by atoms with Crippen molar-refractivity contribution in [3.63, 3.8) is 0 Å². The van der Waals surface area contributed by atoms with Crippen molar-refractivity contribution in [3.8, 4) is 17.2 Å². The average Bonchev–Trinajstić information content (AvgIpc) is 3.09. The Bertz CT molecular complexity index is 1790. The molecule has 0 saturated carbocycles. The molecule has 0 saturated heterocycles. The standard InChI is InChI=1S/C37H42ClN5O4/c1-6-7-25(2)39-35-34-32(18-19-42(36(34)44)24-29-13-8-28(21-38)20-33(29)47-5)40-37(41-35)43(22-26-9-14-30(45-3)15-10-26)23-27-11-16-31(46-4)17-12-27/h8-20,25H,6-7,21-24H2,1-5H3,(H,39,40,41)/t25-/m1/s1. The lowest BCUT2D eigenvalue weighted by atomic mass is 10.1. The summed E-state index contributed by atoms with van der Waals surface area (Å²) in [6.45, 7) is 5.66. The van der Waals surface area contributed by atoms with E-state index in [2.05, 4.69) is 24.1 Å². The van der Waals surface area contributed by atoms with Gasteiger partial charge in [0.2, 0.25) is 5.95 Å². The van der Waals surface area contributed by atoms with Crippen molar-refractivity contribution < 1.29 is 14.2 Å². The maximum Gasteiger partial charge on any atom is 0.264 e. The van der Waals surface area contributed by atoms with Crippen LogP contribution < -0.4 is 30.0 Å². The Balaban J connectivity index is 1.60. The minimum absolute atomic E-state index is 0.0961. The zero-order chi connectivity index (χ0) is 33.3. The first kappa shape index (κ1) is 33.6. The molecular weight excluding hydrogens is 614 g/mol. The van der Waals surface area contributed by atoms with Crippen LogP contribution in [0.15, 0.2) is 83.8 Å². The van der Waals surface area contributed by atoms with Crippen molar-refractivity contribution in [3.05, 3.63) is 112 Å². The van der Waals surface area contributed by atoms with Gasteiger partial charge in [-0.15, -0.1) is 11.6 Å². The normalized spacial score (nSPS) is 11.7. The monoisotopic (exact) mass is 655 g/mol. The minimum atomic E-state index is -0.180. The number of nitrogens with zero attached hydrogens (tertiary/aromatic N) is 4. The molecule has 0 amide bonds. The molecule has 3 aromatic carbocycles. The van der Waals surface area contributed by atoms with Gasteiger partial charge in [0.1, 0.15) is 28.5 Å². The summed E-state index contributed by atoms with van der Waals surface area (Å²) in [6, 6.07) is 23.7. The number of fused-ring (bicyclic) bond motifs is 1. The highest BCUT2D eigenvalue weighted by Gasteiger charge is 2.20. The number of hydrogen-bond donors (Lipinski definition) is 1. The van der Waals surface area contributed by atoms with Crippen LogP contribution in [0, 0.1) is 0 Å². The molecule has 0 bridgehead atoms. The van der Waals surface area contributed by atoms with Gasteiger partial charge in [-0.05, 0) is 66.4 Å². The van der Waals surface area contributed by atoms with E-state index in [1.807, 2.05) is 72.8 Å². The molecule has 0 spiro atoms. The lowest BCUT2D eigenvalue weighted by Gasteiger charge is -2.25. The van der Waals surface area contributed by atoms with E-state index in [4.69, 9.17) is 35.8 Å². The number of anilines is 2. The van der Waals surface area contributed by atoms with E-state index in [0.29, 0.717) is 53.9 Å². The highest BCUT2D eigenvalue weighted by molar-refractivity contribution is 6.17. The Kier molecular flexibility index (Phi) is 11.2. The van der Waals surface area contributed by atoms with E-state index < -0.39 is 0 Å². The average molecular weight is 656 g/mol. The Morgan fingerprint density at radius 2 is 1.47 bits per heavy atom. The molecule has 0 aliphatic rings. The summed E-state index contributed by atoms with van der Waals surface area (Å²) in [5.74, 6) is 3.68. The topological polar surface area (TPSA) is 90.7 Å². The first-order valence-corrected chi connectivity index (χ1v) is 16.3. The number of alkyl halides is 1. The van der Waals surface area contributed by atoms with Gasteiger partial charge in [0.25, 0.3) is 5.56 Å². The predicted molar refractivity (Wildman–Crippen MR) is 189 cm³/mol. The Hall–Kier alpha value is -4.76. The van der Waals surface area contributed by atoms with Gasteiger partial charge in [-0.1, -0.05) is 49.7 Å². The number of aromatic nitrogens is 3. The molecule has 47 heavy (non-hydrogen) atoms. The molecule has 2 heterocycles. The van der Waals surface area contributed by atoms with Gasteiger partial charge in [0.15, 0.2) is 0 Å². The first-order valence-electron chi connectivity index (χ1n) is 15.8. The second-order valence-electron chi connectivity index (χ2n) is 11.5. The van der Waals surface area contributed by atoms with Gasteiger partial charge in [0, 0.05) is 36.8 Å². The van der Waals surface area contributed by atoms with Crippen LogP contribution in [-0.2, 0) is 25.5 Å². The molecule has 0 radical (unpaired) electrons. The van der Waals surface area contributed by atoms with Gasteiger partial charge in [-0.25, -0.2) is 4.98 Å². The van der Waals surface area contributed by atoms with Crippen LogP contribution in [0.5, 0.6) is 17.2 Å². The second kappa shape index (κ2) is 15.7. The van der Waals surface area contributed by atoms with Crippen LogP contribution in [0.3, 0.4) is 0 Å². The van der Waals surface area contributed by atoms with Gasteiger partial charge in [-0.2, -0.15) is 4.98 Å². The second-order valence-corrected chi connectivity index (χ2v) is 11.8. The Morgan fingerprint density at radius 1 is 0.851 bits per heavy atom. The van der Waals surface area contributed by atoms with Gasteiger partial charge >= 0.3 is 0 Å². The van der Waals surface area contributed by atoms with Crippen molar-refractivity contribution >= 4 is 34.3 Å². The van der Waals surface area contributed by atoms with Crippen molar-refractivity contribution in [1.29, 1.82) is 0 Å². The lowest BCUT2D eigenvalue weighted by Crippen LogP contribution is -2.28. The smallest absolute Gasteiger partial charge is 0.264 e. The number of benzene rings is 3. The molecule has 5 rings (SSSR count). The summed E-state index contributed by atoms with van der Waals surface area (Å²) >= 11 is 6.05. The van der Waals surface area contributed by atoms with E-state index >= 15 is 0 Å². The van der Waals surface area contributed by atoms with Crippen LogP contribution in [-0.4, -0.2) is 41.9 Å². The minimum Gasteiger partial charge on any atom is -0.497 e. The van der Waals surface area contributed by atoms with Gasteiger partial charge in [0.05, 0.1) is 33.4 Å². The molecule has 1 N–H and O–H groups in total. The summed E-state index contributed by atoms with van der Waals surface area (Å²) < 4.78 is 18.1. The number of ether oxygens (including phenoxy) is 3. The zero-order valence-corrected chi connectivity index (χ0v) is 28.4. The van der Waals surface area contributed by atoms with E-state index in [1.54, 1.807) is 32.1 Å². The maximum atomic E-state index is 14.1. The fraction of sp³-hybridized carbons (Fsp3) is 0.324.